The lowest BCUT2D eigenvalue weighted by molar-refractivity contribution is -0.129. The number of hydrogen-bond acceptors (Lipinski definition) is 5. The number of amides is 1. The van der Waals surface area contributed by atoms with E-state index in [1.807, 2.05) is 37.4 Å². The molecule has 0 spiro atoms. The van der Waals surface area contributed by atoms with Gasteiger partial charge in [-0.2, -0.15) is 9.40 Å². The number of benzene rings is 2. The summed E-state index contributed by atoms with van der Waals surface area (Å²) in [6.45, 7) is 2.25. The third kappa shape index (κ3) is 6.56. The molecular weight excluding hydrogens is 464 g/mol. The van der Waals surface area contributed by atoms with E-state index in [4.69, 9.17) is 4.74 Å². The van der Waals surface area contributed by atoms with Crippen LogP contribution >= 0.6 is 0 Å². The fourth-order valence-electron chi connectivity index (χ4n) is 4.08. The summed E-state index contributed by atoms with van der Waals surface area (Å²) in [5.41, 5.74) is 4.00. The van der Waals surface area contributed by atoms with Crippen LogP contribution in [-0.4, -0.2) is 73.6 Å². The van der Waals surface area contributed by atoms with Crippen LogP contribution in [0.1, 0.15) is 24.1 Å². The molecule has 1 aliphatic heterocycles. The largest absolute Gasteiger partial charge is 0.379 e. The maximum Gasteiger partial charge on any atom is 0.243 e. The minimum Gasteiger partial charge on any atom is -0.379 e. The van der Waals surface area contributed by atoms with Gasteiger partial charge in [0.15, 0.2) is 0 Å². The second-order valence-corrected chi connectivity index (χ2v) is 10.7. The summed E-state index contributed by atoms with van der Waals surface area (Å²) < 4.78 is 32.2. The Hall–Kier alpha value is -3.01. The first-order valence-corrected chi connectivity index (χ1v) is 13.4. The van der Waals surface area contributed by atoms with Crippen molar-refractivity contribution in [2.75, 3.05) is 39.9 Å². The normalized spacial score (nSPS) is 14.7. The lowest BCUT2D eigenvalue weighted by Gasteiger charge is -2.26. The minimum absolute atomic E-state index is 0.0737. The van der Waals surface area contributed by atoms with Gasteiger partial charge in [-0.1, -0.05) is 42.5 Å². The molecule has 0 bridgehead atoms. The third-order valence-electron chi connectivity index (χ3n) is 6.22. The highest BCUT2D eigenvalue weighted by Crippen LogP contribution is 2.19. The van der Waals surface area contributed by atoms with Crippen LogP contribution in [0.25, 0.3) is 11.3 Å². The number of aryl methyl sites for hydroxylation is 2. The number of morpholine rings is 1. The van der Waals surface area contributed by atoms with E-state index in [1.54, 1.807) is 29.2 Å². The smallest absolute Gasteiger partial charge is 0.243 e. The van der Waals surface area contributed by atoms with Gasteiger partial charge in [0.2, 0.25) is 15.9 Å². The summed E-state index contributed by atoms with van der Waals surface area (Å²) in [5, 5.41) is 7.46. The first-order chi connectivity index (χ1) is 16.9. The number of H-pyrrole nitrogens is 1. The van der Waals surface area contributed by atoms with Crippen molar-refractivity contribution in [3.8, 4) is 11.3 Å². The Balaban J connectivity index is 1.21. The van der Waals surface area contributed by atoms with E-state index in [0.717, 1.165) is 35.4 Å². The SMILES string of the molecule is CN(CCCc1cc(-c2ccccc2)n[nH]1)C(=O)CCc1ccc(S(=O)(=O)N2CCOCC2)cc1. The van der Waals surface area contributed by atoms with Crippen LogP contribution in [0.15, 0.2) is 65.6 Å². The van der Waals surface area contributed by atoms with E-state index in [2.05, 4.69) is 16.3 Å². The maximum absolute atomic E-state index is 12.7. The van der Waals surface area contributed by atoms with Crippen molar-refractivity contribution in [2.24, 2.45) is 0 Å². The van der Waals surface area contributed by atoms with Gasteiger partial charge in [0.05, 0.1) is 23.8 Å². The van der Waals surface area contributed by atoms with Crippen LogP contribution < -0.4 is 0 Å². The predicted molar refractivity (Wildman–Crippen MR) is 134 cm³/mol. The summed E-state index contributed by atoms with van der Waals surface area (Å²) in [7, 11) is -1.68. The van der Waals surface area contributed by atoms with Crippen molar-refractivity contribution in [3.63, 3.8) is 0 Å². The first-order valence-electron chi connectivity index (χ1n) is 11.9. The fourth-order valence-corrected chi connectivity index (χ4v) is 5.49. The van der Waals surface area contributed by atoms with Crippen molar-refractivity contribution in [1.29, 1.82) is 0 Å². The Bertz CT molecular complexity index is 1200. The van der Waals surface area contributed by atoms with Gasteiger partial charge in [-0.25, -0.2) is 8.42 Å². The Morgan fingerprint density at radius 2 is 1.77 bits per heavy atom. The fraction of sp³-hybridized carbons (Fsp3) is 0.385. The number of nitrogens with one attached hydrogen (secondary N) is 1. The summed E-state index contributed by atoms with van der Waals surface area (Å²) in [4.78, 5) is 14.6. The topological polar surface area (TPSA) is 95.6 Å². The van der Waals surface area contributed by atoms with Crippen LogP contribution in [0.4, 0.5) is 0 Å². The molecule has 0 radical (unpaired) electrons. The average molecular weight is 497 g/mol. The minimum atomic E-state index is -3.50. The van der Waals surface area contributed by atoms with Gasteiger partial charge in [0, 0.05) is 44.4 Å². The molecule has 8 nitrogen and oxygen atoms in total. The van der Waals surface area contributed by atoms with E-state index >= 15 is 0 Å². The van der Waals surface area contributed by atoms with Gasteiger partial charge < -0.3 is 9.64 Å². The molecule has 1 aromatic heterocycles. The molecular formula is C26H32N4O4S. The number of carbonyl (C=O) groups excluding carboxylic acids is 1. The number of aromatic amines is 1. The summed E-state index contributed by atoms with van der Waals surface area (Å²) >= 11 is 0. The Kier molecular flexibility index (Phi) is 8.33. The summed E-state index contributed by atoms with van der Waals surface area (Å²) in [5.74, 6) is 0.0737. The van der Waals surface area contributed by atoms with Crippen molar-refractivity contribution in [1.82, 2.24) is 19.4 Å². The first kappa shape index (κ1) is 25.1. The molecule has 1 fully saturated rings. The second-order valence-electron chi connectivity index (χ2n) is 8.72. The Morgan fingerprint density at radius 3 is 2.49 bits per heavy atom. The molecule has 0 saturated carbocycles. The van der Waals surface area contributed by atoms with Crippen LogP contribution in [0.3, 0.4) is 0 Å². The molecule has 0 atom stereocenters. The van der Waals surface area contributed by atoms with Crippen LogP contribution in [0.2, 0.25) is 0 Å². The predicted octanol–water partition coefficient (Wildman–Crippen LogP) is 3.12. The Morgan fingerprint density at radius 1 is 1.06 bits per heavy atom. The molecule has 1 amide bonds. The van der Waals surface area contributed by atoms with Crippen molar-refractivity contribution >= 4 is 15.9 Å². The molecule has 35 heavy (non-hydrogen) atoms. The molecule has 4 rings (SSSR count). The highest BCUT2D eigenvalue weighted by Gasteiger charge is 2.26. The number of nitrogens with zero attached hydrogens (tertiary/aromatic N) is 3. The molecule has 1 N–H and O–H groups in total. The zero-order valence-electron chi connectivity index (χ0n) is 20.0. The number of rotatable bonds is 10. The van der Waals surface area contributed by atoms with E-state index in [9.17, 15) is 13.2 Å². The van der Waals surface area contributed by atoms with E-state index < -0.39 is 10.0 Å². The Labute approximate surface area is 207 Å². The van der Waals surface area contributed by atoms with Gasteiger partial charge in [0.1, 0.15) is 0 Å². The molecule has 1 aliphatic rings. The monoisotopic (exact) mass is 496 g/mol. The number of carbonyl (C=O) groups is 1. The van der Waals surface area contributed by atoms with Gasteiger partial charge in [-0.3, -0.25) is 9.89 Å². The molecule has 0 unspecified atom stereocenters. The van der Waals surface area contributed by atoms with Gasteiger partial charge in [-0.05, 0) is 43.0 Å². The number of sulfonamides is 1. The van der Waals surface area contributed by atoms with Crippen molar-refractivity contribution < 1.29 is 17.9 Å². The molecule has 1 saturated heterocycles. The summed E-state index contributed by atoms with van der Waals surface area (Å²) in [6, 6.07) is 18.9. The van der Waals surface area contributed by atoms with Crippen molar-refractivity contribution in [2.45, 2.75) is 30.6 Å². The highest BCUT2D eigenvalue weighted by atomic mass is 32.2. The lowest BCUT2D eigenvalue weighted by Crippen LogP contribution is -2.40. The highest BCUT2D eigenvalue weighted by molar-refractivity contribution is 7.89. The van der Waals surface area contributed by atoms with Crippen LogP contribution in [0.5, 0.6) is 0 Å². The molecule has 9 heteroatoms. The summed E-state index contributed by atoms with van der Waals surface area (Å²) in [6.07, 6.45) is 2.61. The van der Waals surface area contributed by atoms with Crippen LogP contribution in [0, 0.1) is 0 Å². The van der Waals surface area contributed by atoms with E-state index in [-0.39, 0.29) is 10.8 Å². The molecule has 186 valence electrons. The second kappa shape index (κ2) is 11.6. The van der Waals surface area contributed by atoms with Gasteiger partial charge in [0.25, 0.3) is 0 Å². The zero-order chi connectivity index (χ0) is 24.7. The zero-order valence-corrected chi connectivity index (χ0v) is 20.8. The molecule has 2 aromatic carbocycles. The van der Waals surface area contributed by atoms with Crippen molar-refractivity contribution in [3.05, 3.63) is 71.9 Å². The third-order valence-corrected chi connectivity index (χ3v) is 8.14. The quantitative estimate of drug-likeness (QED) is 0.465. The standard InChI is InChI=1S/C26H32N4O4S/c1-29(15-5-8-23-20-25(28-27-23)22-6-3-2-4-7-22)26(31)14-11-21-9-12-24(13-10-21)35(32,33)30-16-18-34-19-17-30/h2-4,6-7,9-10,12-13,20H,5,8,11,14-19H2,1H3,(H,27,28). The average Bonchev–Trinajstić information content (AvgIpc) is 3.37. The van der Waals surface area contributed by atoms with Crippen LogP contribution in [-0.2, 0) is 32.4 Å². The molecule has 3 aromatic rings. The molecule has 2 heterocycles. The lowest BCUT2D eigenvalue weighted by atomic mass is 10.1. The van der Waals surface area contributed by atoms with E-state index in [1.165, 1.54) is 4.31 Å². The van der Waals surface area contributed by atoms with Gasteiger partial charge in [-0.15, -0.1) is 0 Å². The van der Waals surface area contributed by atoms with Gasteiger partial charge >= 0.3 is 0 Å². The number of ether oxygens (including phenoxy) is 1. The maximum atomic E-state index is 12.7. The number of hydrogen-bond donors (Lipinski definition) is 1. The van der Waals surface area contributed by atoms with E-state index in [0.29, 0.717) is 45.7 Å². The molecule has 0 aliphatic carbocycles. The number of aromatic nitrogens is 2.